The molecule has 0 aliphatic rings. The number of amides is 1. The molecule has 1 heterocycles. The molecule has 0 bridgehead atoms. The molecule has 4 heteroatoms. The van der Waals surface area contributed by atoms with E-state index in [1.54, 1.807) is 4.68 Å². The predicted molar refractivity (Wildman–Crippen MR) is 55.7 cm³/mol. The van der Waals surface area contributed by atoms with Crippen molar-refractivity contribution < 1.29 is 4.79 Å². The second-order valence-corrected chi connectivity index (χ2v) is 3.17. The number of primary amides is 1. The van der Waals surface area contributed by atoms with Crippen molar-refractivity contribution in [3.63, 3.8) is 0 Å². The first kappa shape index (κ1) is 9.45. The van der Waals surface area contributed by atoms with Gasteiger partial charge in [0.2, 0.25) is 0 Å². The van der Waals surface area contributed by atoms with Crippen molar-refractivity contribution in [2.24, 2.45) is 5.73 Å². The average Bonchev–Trinajstić information content (AvgIpc) is 2.62. The van der Waals surface area contributed by atoms with Gasteiger partial charge in [0.05, 0.1) is 5.69 Å². The van der Waals surface area contributed by atoms with E-state index in [0.717, 1.165) is 11.4 Å². The van der Waals surface area contributed by atoms with Gasteiger partial charge in [-0.15, -0.1) is 0 Å². The molecule has 0 atom stereocenters. The highest BCUT2D eigenvalue weighted by Gasteiger charge is 2.10. The van der Waals surface area contributed by atoms with Crippen molar-refractivity contribution in [3.8, 4) is 5.69 Å². The third-order valence-electron chi connectivity index (χ3n) is 2.05. The Balaban J connectivity index is 2.50. The van der Waals surface area contributed by atoms with Crippen LogP contribution >= 0.6 is 0 Å². The van der Waals surface area contributed by atoms with Crippen LogP contribution in [0.15, 0.2) is 30.3 Å². The second kappa shape index (κ2) is 3.57. The van der Waals surface area contributed by atoms with Gasteiger partial charge in [-0.05, 0) is 19.1 Å². The van der Waals surface area contributed by atoms with Crippen LogP contribution in [-0.4, -0.2) is 15.7 Å². The van der Waals surface area contributed by atoms with Crippen LogP contribution in [0.25, 0.3) is 5.69 Å². The molecular weight excluding hydrogens is 190 g/mol. The van der Waals surface area contributed by atoms with Crippen LogP contribution < -0.4 is 5.73 Å². The Hall–Kier alpha value is -2.10. The highest BCUT2D eigenvalue weighted by atomic mass is 16.1. The summed E-state index contributed by atoms with van der Waals surface area (Å²) in [6, 6.07) is 12.3. The fraction of sp³-hybridized carbons (Fsp3) is 0.0909. The van der Waals surface area contributed by atoms with Crippen LogP contribution in [0.5, 0.6) is 0 Å². The molecule has 2 rings (SSSR count). The van der Waals surface area contributed by atoms with E-state index in [4.69, 9.17) is 5.73 Å². The Morgan fingerprint density at radius 2 is 2.07 bits per heavy atom. The van der Waals surface area contributed by atoms with Gasteiger partial charge in [0, 0.05) is 11.8 Å². The van der Waals surface area contributed by atoms with Crippen molar-refractivity contribution in [1.82, 2.24) is 9.78 Å². The van der Waals surface area contributed by atoms with Crippen LogP contribution in [0.4, 0.5) is 0 Å². The fourth-order valence-electron chi connectivity index (χ4n) is 1.36. The minimum Gasteiger partial charge on any atom is -0.364 e. The van der Waals surface area contributed by atoms with E-state index in [9.17, 15) is 4.79 Å². The van der Waals surface area contributed by atoms with Crippen LogP contribution in [0.1, 0.15) is 16.2 Å². The molecule has 1 amide bonds. The van der Waals surface area contributed by atoms with Crippen molar-refractivity contribution >= 4 is 5.91 Å². The van der Waals surface area contributed by atoms with Gasteiger partial charge in [0.25, 0.3) is 5.91 Å². The summed E-state index contributed by atoms with van der Waals surface area (Å²) >= 11 is 0. The average molecular weight is 200 g/mol. The molecule has 4 nitrogen and oxygen atoms in total. The Bertz CT molecular complexity index is 488. The number of nitrogens with two attached hydrogens (primary N) is 1. The van der Waals surface area contributed by atoms with E-state index in [1.165, 1.54) is 0 Å². The van der Waals surface area contributed by atoms with Crippen molar-refractivity contribution in [3.05, 3.63) is 47.8 Å². The van der Waals surface area contributed by atoms with Gasteiger partial charge >= 0.3 is 0 Å². The predicted octanol–water partition coefficient (Wildman–Crippen LogP) is 1.08. The topological polar surface area (TPSA) is 60.9 Å². The molecule has 75 valence electrons. The maximum atomic E-state index is 10.9. The standard InChI is InChI=1S/C11H10N3O/c1-8-7-10(11(12)15)13-14(8)9-5-3-2-4-6-9/h2-6H,1H3,(H2,12,15). The monoisotopic (exact) mass is 200 g/mol. The van der Waals surface area contributed by atoms with E-state index in [1.807, 2.05) is 37.3 Å². The molecule has 2 aromatic rings. The van der Waals surface area contributed by atoms with Crippen LogP contribution in [0.3, 0.4) is 0 Å². The second-order valence-electron chi connectivity index (χ2n) is 3.17. The summed E-state index contributed by atoms with van der Waals surface area (Å²) in [5.41, 5.74) is 6.94. The number of rotatable bonds is 2. The molecule has 0 spiro atoms. The number of benzene rings is 1. The zero-order valence-corrected chi connectivity index (χ0v) is 8.27. The van der Waals surface area contributed by atoms with Crippen LogP contribution in [-0.2, 0) is 0 Å². The number of aromatic nitrogens is 2. The van der Waals surface area contributed by atoms with E-state index >= 15 is 0 Å². The minimum atomic E-state index is -0.562. The normalized spacial score (nSPS) is 10.2. The lowest BCUT2D eigenvalue weighted by Crippen LogP contribution is -2.12. The van der Waals surface area contributed by atoms with Crippen molar-refractivity contribution in [2.75, 3.05) is 0 Å². The molecule has 1 radical (unpaired) electrons. The van der Waals surface area contributed by atoms with Crippen LogP contribution in [0.2, 0.25) is 0 Å². The number of hydrogen-bond donors (Lipinski definition) is 1. The third-order valence-corrected chi connectivity index (χ3v) is 2.05. The molecule has 0 saturated heterocycles. The zero-order chi connectivity index (χ0) is 10.8. The smallest absolute Gasteiger partial charge is 0.269 e. The molecule has 0 saturated carbocycles. The first-order valence-corrected chi connectivity index (χ1v) is 4.52. The van der Waals surface area contributed by atoms with Crippen molar-refractivity contribution in [1.29, 1.82) is 0 Å². The molecule has 0 aliphatic carbocycles. The number of aryl methyl sites for hydroxylation is 1. The fourth-order valence-corrected chi connectivity index (χ4v) is 1.36. The largest absolute Gasteiger partial charge is 0.364 e. The molecule has 1 aromatic heterocycles. The molecular formula is C11H10N3O. The number of nitrogens with zero attached hydrogens (tertiary/aromatic N) is 2. The Kier molecular flexibility index (Phi) is 2.25. The summed E-state index contributed by atoms with van der Waals surface area (Å²) in [5.74, 6) is -0.562. The lowest BCUT2D eigenvalue weighted by Gasteiger charge is -2.02. The summed E-state index contributed by atoms with van der Waals surface area (Å²) in [7, 11) is 0. The lowest BCUT2D eigenvalue weighted by molar-refractivity contribution is 0.0995. The van der Waals surface area contributed by atoms with Gasteiger partial charge in [0.1, 0.15) is 0 Å². The molecule has 0 aliphatic heterocycles. The Morgan fingerprint density at radius 3 is 2.60 bits per heavy atom. The third kappa shape index (κ3) is 1.74. The number of para-hydroxylation sites is 1. The molecule has 15 heavy (non-hydrogen) atoms. The number of hydrogen-bond acceptors (Lipinski definition) is 2. The van der Waals surface area contributed by atoms with Gasteiger partial charge < -0.3 is 5.73 Å². The number of carbonyl (C=O) groups is 1. The lowest BCUT2D eigenvalue weighted by atomic mass is 10.3. The molecule has 1 aromatic carbocycles. The maximum absolute atomic E-state index is 10.9. The van der Waals surface area contributed by atoms with E-state index < -0.39 is 5.91 Å². The van der Waals surface area contributed by atoms with E-state index in [-0.39, 0.29) is 5.69 Å². The Morgan fingerprint density at radius 1 is 1.40 bits per heavy atom. The summed E-state index contributed by atoms with van der Waals surface area (Å²) in [5, 5.41) is 4.07. The Labute approximate surface area is 87.3 Å². The van der Waals surface area contributed by atoms with Crippen molar-refractivity contribution in [2.45, 2.75) is 6.92 Å². The molecule has 2 N–H and O–H groups in total. The summed E-state index contributed by atoms with van der Waals surface area (Å²) in [6.07, 6.45) is 0. The van der Waals surface area contributed by atoms with Gasteiger partial charge in [-0.2, -0.15) is 5.10 Å². The van der Waals surface area contributed by atoms with Gasteiger partial charge in [0.15, 0.2) is 5.69 Å². The van der Waals surface area contributed by atoms with Gasteiger partial charge in [-0.3, -0.25) is 4.79 Å². The summed E-state index contributed by atoms with van der Waals surface area (Å²) < 4.78 is 1.64. The van der Waals surface area contributed by atoms with Gasteiger partial charge in [-0.25, -0.2) is 4.68 Å². The number of carbonyl (C=O) groups excluding carboxylic acids is 1. The van der Waals surface area contributed by atoms with Crippen LogP contribution in [0, 0.1) is 13.0 Å². The van der Waals surface area contributed by atoms with Gasteiger partial charge in [-0.1, -0.05) is 18.2 Å². The quantitative estimate of drug-likeness (QED) is 0.788. The summed E-state index contributed by atoms with van der Waals surface area (Å²) in [6.45, 7) is 1.83. The molecule has 0 unspecified atom stereocenters. The van der Waals surface area contributed by atoms with E-state index in [2.05, 4.69) is 11.2 Å². The SMILES string of the molecule is Cc1[c]c(C(N)=O)nn1-c1ccccc1. The first-order valence-electron chi connectivity index (χ1n) is 4.52. The highest BCUT2D eigenvalue weighted by molar-refractivity contribution is 5.90. The van der Waals surface area contributed by atoms with E-state index in [0.29, 0.717) is 0 Å². The first-order chi connectivity index (χ1) is 7.18. The minimum absolute atomic E-state index is 0.163. The zero-order valence-electron chi connectivity index (χ0n) is 8.27. The molecule has 0 fully saturated rings. The summed E-state index contributed by atoms with van der Waals surface area (Å²) in [4.78, 5) is 10.9. The maximum Gasteiger partial charge on any atom is 0.269 e. The highest BCUT2D eigenvalue weighted by Crippen LogP contribution is 2.10.